The van der Waals surface area contributed by atoms with Crippen LogP contribution in [0.5, 0.6) is 0 Å². The van der Waals surface area contributed by atoms with Crippen molar-refractivity contribution in [1.82, 2.24) is 4.72 Å². The zero-order valence-corrected chi connectivity index (χ0v) is 10.8. The summed E-state index contributed by atoms with van der Waals surface area (Å²) in [5.74, 6) is 0. The van der Waals surface area contributed by atoms with E-state index in [1.807, 2.05) is 6.92 Å². The molecule has 0 heterocycles. The summed E-state index contributed by atoms with van der Waals surface area (Å²) in [6, 6.07) is 6.40. The van der Waals surface area contributed by atoms with Crippen LogP contribution in [-0.4, -0.2) is 14.0 Å². The molecule has 0 spiro atoms. The molecule has 1 aromatic rings. The van der Waals surface area contributed by atoms with Gasteiger partial charge in [-0.1, -0.05) is 13.0 Å². The minimum atomic E-state index is -3.44. The van der Waals surface area contributed by atoms with Crippen LogP contribution < -0.4 is 10.5 Å². The highest BCUT2D eigenvalue weighted by Crippen LogP contribution is 2.36. The maximum absolute atomic E-state index is 12.2. The maximum atomic E-state index is 12.2. The van der Waals surface area contributed by atoms with Gasteiger partial charge in [-0.15, -0.1) is 0 Å². The van der Waals surface area contributed by atoms with Gasteiger partial charge in [-0.05, 0) is 43.9 Å². The predicted octanol–water partition coefficient (Wildman–Crippen LogP) is 1.88. The van der Waals surface area contributed by atoms with Gasteiger partial charge >= 0.3 is 0 Å². The average molecular weight is 254 g/mol. The number of hydrogen-bond acceptors (Lipinski definition) is 3. The number of benzene rings is 1. The van der Waals surface area contributed by atoms with Crippen LogP contribution >= 0.6 is 0 Å². The zero-order chi connectivity index (χ0) is 12.5. The summed E-state index contributed by atoms with van der Waals surface area (Å²) >= 11 is 0. The van der Waals surface area contributed by atoms with E-state index in [-0.39, 0.29) is 10.4 Å². The average Bonchev–Trinajstić information content (AvgIpc) is 2.24. The van der Waals surface area contributed by atoms with Crippen LogP contribution in [-0.2, 0) is 10.0 Å². The molecule has 0 bridgehead atoms. The molecule has 1 saturated carbocycles. The molecule has 1 fully saturated rings. The largest absolute Gasteiger partial charge is 0.399 e. The summed E-state index contributed by atoms with van der Waals surface area (Å²) in [7, 11) is -3.44. The Labute approximate surface area is 102 Å². The first-order valence-corrected chi connectivity index (χ1v) is 7.35. The summed E-state index contributed by atoms with van der Waals surface area (Å²) in [6.07, 6.45) is 3.76. The van der Waals surface area contributed by atoms with Crippen LogP contribution in [0, 0.1) is 0 Å². The standard InChI is InChI=1S/C12H18N2O2S/c1-2-12(7-4-8-12)14-17(15,16)11-6-3-5-10(13)9-11/h3,5-6,9,14H,2,4,7-8,13H2,1H3. The molecule has 5 heteroatoms. The number of nitrogen functional groups attached to an aromatic ring is 1. The van der Waals surface area contributed by atoms with Gasteiger partial charge in [0.25, 0.3) is 0 Å². The van der Waals surface area contributed by atoms with E-state index < -0.39 is 10.0 Å². The molecule has 0 aromatic heterocycles. The van der Waals surface area contributed by atoms with E-state index in [0.717, 1.165) is 25.7 Å². The second-order valence-corrected chi connectivity index (χ2v) is 6.35. The molecule has 0 aliphatic heterocycles. The molecule has 1 aromatic carbocycles. The fourth-order valence-electron chi connectivity index (χ4n) is 2.16. The molecule has 3 N–H and O–H groups in total. The van der Waals surface area contributed by atoms with Gasteiger partial charge in [0.15, 0.2) is 0 Å². The minimum absolute atomic E-state index is 0.233. The Morgan fingerprint density at radius 2 is 2.12 bits per heavy atom. The van der Waals surface area contributed by atoms with Crippen molar-refractivity contribution in [3.63, 3.8) is 0 Å². The third-order valence-electron chi connectivity index (χ3n) is 3.51. The SMILES string of the molecule is CCC1(NS(=O)(=O)c2cccc(N)c2)CCC1. The molecule has 0 radical (unpaired) electrons. The van der Waals surface area contributed by atoms with Crippen LogP contribution in [0.3, 0.4) is 0 Å². The lowest BCUT2D eigenvalue weighted by Crippen LogP contribution is -2.52. The topological polar surface area (TPSA) is 72.2 Å². The van der Waals surface area contributed by atoms with Crippen molar-refractivity contribution in [2.24, 2.45) is 0 Å². The summed E-state index contributed by atoms with van der Waals surface area (Å²) in [5.41, 5.74) is 5.84. The molecule has 4 nitrogen and oxygen atoms in total. The van der Waals surface area contributed by atoms with Crippen molar-refractivity contribution in [2.75, 3.05) is 5.73 Å². The van der Waals surface area contributed by atoms with Crippen LogP contribution in [0.1, 0.15) is 32.6 Å². The number of sulfonamides is 1. The van der Waals surface area contributed by atoms with Crippen molar-refractivity contribution in [3.05, 3.63) is 24.3 Å². The van der Waals surface area contributed by atoms with Gasteiger partial charge in [0, 0.05) is 11.2 Å². The number of rotatable bonds is 4. The van der Waals surface area contributed by atoms with Crippen LogP contribution in [0.25, 0.3) is 0 Å². The smallest absolute Gasteiger partial charge is 0.241 e. The Balaban J connectivity index is 2.25. The lowest BCUT2D eigenvalue weighted by atomic mass is 9.76. The zero-order valence-electron chi connectivity index (χ0n) is 9.94. The molecule has 0 amide bonds. The Kier molecular flexibility index (Phi) is 3.14. The van der Waals surface area contributed by atoms with Crippen LogP contribution in [0.4, 0.5) is 5.69 Å². The summed E-state index contributed by atoms with van der Waals surface area (Å²) in [5, 5.41) is 0. The molecule has 1 aliphatic carbocycles. The molecule has 0 atom stereocenters. The highest BCUT2D eigenvalue weighted by atomic mass is 32.2. The quantitative estimate of drug-likeness (QED) is 0.806. The molecule has 0 saturated heterocycles. The first-order valence-electron chi connectivity index (χ1n) is 5.87. The van der Waals surface area contributed by atoms with Crippen molar-refractivity contribution in [2.45, 2.75) is 43.0 Å². The van der Waals surface area contributed by atoms with Gasteiger partial charge in [0.05, 0.1) is 4.90 Å². The van der Waals surface area contributed by atoms with E-state index in [4.69, 9.17) is 5.73 Å². The number of anilines is 1. The highest BCUT2D eigenvalue weighted by Gasteiger charge is 2.38. The van der Waals surface area contributed by atoms with Gasteiger partial charge in [0.2, 0.25) is 10.0 Å². The van der Waals surface area contributed by atoms with E-state index in [1.165, 1.54) is 6.07 Å². The molecule has 94 valence electrons. The van der Waals surface area contributed by atoms with Crippen molar-refractivity contribution in [3.8, 4) is 0 Å². The molecular formula is C12H18N2O2S. The third kappa shape index (κ3) is 2.45. The monoisotopic (exact) mass is 254 g/mol. The fraction of sp³-hybridized carbons (Fsp3) is 0.500. The maximum Gasteiger partial charge on any atom is 0.241 e. The molecule has 0 unspecified atom stereocenters. The number of nitrogens with two attached hydrogens (primary N) is 1. The van der Waals surface area contributed by atoms with Gasteiger partial charge in [-0.25, -0.2) is 13.1 Å². The molecule has 2 rings (SSSR count). The lowest BCUT2D eigenvalue weighted by molar-refractivity contribution is 0.214. The van der Waals surface area contributed by atoms with Gasteiger partial charge in [0.1, 0.15) is 0 Å². The second-order valence-electron chi connectivity index (χ2n) is 4.67. The second kappa shape index (κ2) is 4.31. The van der Waals surface area contributed by atoms with E-state index in [2.05, 4.69) is 4.72 Å². The van der Waals surface area contributed by atoms with Gasteiger partial charge in [-0.3, -0.25) is 0 Å². The van der Waals surface area contributed by atoms with Crippen molar-refractivity contribution < 1.29 is 8.42 Å². The molecule has 1 aliphatic rings. The first-order chi connectivity index (χ1) is 7.97. The summed E-state index contributed by atoms with van der Waals surface area (Å²) in [4.78, 5) is 0.247. The Morgan fingerprint density at radius 3 is 2.59 bits per heavy atom. The number of nitrogens with one attached hydrogen (secondary N) is 1. The number of hydrogen-bond donors (Lipinski definition) is 2. The van der Waals surface area contributed by atoms with Crippen LogP contribution in [0.2, 0.25) is 0 Å². The summed E-state index contributed by atoms with van der Waals surface area (Å²) in [6.45, 7) is 2.01. The fourth-order valence-corrected chi connectivity index (χ4v) is 3.74. The van der Waals surface area contributed by atoms with Crippen molar-refractivity contribution >= 4 is 15.7 Å². The van der Waals surface area contributed by atoms with Crippen molar-refractivity contribution in [1.29, 1.82) is 0 Å². The van der Waals surface area contributed by atoms with Gasteiger partial charge < -0.3 is 5.73 Å². The Hall–Kier alpha value is -1.07. The van der Waals surface area contributed by atoms with Gasteiger partial charge in [-0.2, -0.15) is 0 Å². The molecule has 17 heavy (non-hydrogen) atoms. The normalized spacial score (nSPS) is 18.6. The Morgan fingerprint density at radius 1 is 1.41 bits per heavy atom. The third-order valence-corrected chi connectivity index (χ3v) is 5.08. The highest BCUT2D eigenvalue weighted by molar-refractivity contribution is 7.89. The minimum Gasteiger partial charge on any atom is -0.399 e. The summed E-state index contributed by atoms with van der Waals surface area (Å²) < 4.78 is 27.2. The lowest BCUT2D eigenvalue weighted by Gasteiger charge is -2.41. The first kappa shape index (κ1) is 12.4. The van der Waals surface area contributed by atoms with E-state index in [1.54, 1.807) is 18.2 Å². The predicted molar refractivity (Wildman–Crippen MR) is 68.0 cm³/mol. The molecular weight excluding hydrogens is 236 g/mol. The van der Waals surface area contributed by atoms with E-state index in [9.17, 15) is 8.42 Å². The van der Waals surface area contributed by atoms with E-state index in [0.29, 0.717) is 5.69 Å². The van der Waals surface area contributed by atoms with Crippen LogP contribution in [0.15, 0.2) is 29.2 Å². The Bertz CT molecular complexity index is 501. The van der Waals surface area contributed by atoms with E-state index >= 15 is 0 Å².